The Morgan fingerprint density at radius 2 is 1.57 bits per heavy atom. The van der Waals surface area contributed by atoms with Crippen LogP contribution in [0.25, 0.3) is 10.9 Å². The number of carboxylic acids is 1. The van der Waals surface area contributed by atoms with E-state index >= 15 is 0 Å². The molecule has 0 saturated heterocycles. The van der Waals surface area contributed by atoms with Crippen LogP contribution in [0, 0.1) is 6.92 Å². The second-order valence-electron chi connectivity index (χ2n) is 8.22. The van der Waals surface area contributed by atoms with Gasteiger partial charge in [-0.3, -0.25) is 9.59 Å². The molecule has 0 aliphatic carbocycles. The first-order valence-electron chi connectivity index (χ1n) is 11.6. The molecule has 0 unspecified atom stereocenters. The van der Waals surface area contributed by atoms with Crippen LogP contribution in [0.2, 0.25) is 0 Å². The normalized spacial score (nSPS) is 11.1. The number of benzene rings is 1. The van der Waals surface area contributed by atoms with Crippen molar-refractivity contribution >= 4 is 22.8 Å². The predicted molar refractivity (Wildman–Crippen MR) is 123 cm³/mol. The molecule has 30 heavy (non-hydrogen) atoms. The van der Waals surface area contributed by atoms with Crippen molar-refractivity contribution in [1.82, 2.24) is 9.88 Å². The molecule has 0 aliphatic heterocycles. The van der Waals surface area contributed by atoms with Crippen molar-refractivity contribution < 1.29 is 14.7 Å². The number of carboxylic acid groups (broad SMARTS) is 1. The summed E-state index contributed by atoms with van der Waals surface area (Å²) < 4.78 is 2.19. The summed E-state index contributed by atoms with van der Waals surface area (Å²) in [6.45, 7) is 5.82. The number of fused-ring (bicyclic) bond motifs is 1. The zero-order valence-electron chi connectivity index (χ0n) is 18.7. The summed E-state index contributed by atoms with van der Waals surface area (Å²) in [5, 5.41) is 12.9. The highest BCUT2D eigenvalue weighted by Gasteiger charge is 2.19. The topological polar surface area (TPSA) is 71.3 Å². The summed E-state index contributed by atoms with van der Waals surface area (Å²) in [7, 11) is 0. The molecule has 1 amide bonds. The van der Waals surface area contributed by atoms with Crippen LogP contribution < -0.4 is 5.32 Å². The molecule has 1 aromatic heterocycles. The maximum Gasteiger partial charge on any atom is 0.303 e. The van der Waals surface area contributed by atoms with E-state index in [1.165, 1.54) is 24.6 Å². The Bertz CT molecular complexity index is 810. The van der Waals surface area contributed by atoms with Gasteiger partial charge >= 0.3 is 5.97 Å². The van der Waals surface area contributed by atoms with Crippen LogP contribution in [0.1, 0.15) is 93.6 Å². The maximum atomic E-state index is 12.9. The number of carbonyl (C=O) groups is 2. The highest BCUT2D eigenvalue weighted by molar-refractivity contribution is 6.01. The van der Waals surface area contributed by atoms with Gasteiger partial charge in [-0.1, -0.05) is 70.1 Å². The summed E-state index contributed by atoms with van der Waals surface area (Å²) >= 11 is 0. The van der Waals surface area contributed by atoms with Gasteiger partial charge in [-0.15, -0.1) is 0 Å². The lowest BCUT2D eigenvalue weighted by molar-refractivity contribution is -0.137. The first-order chi connectivity index (χ1) is 14.6. The lowest BCUT2D eigenvalue weighted by atomic mass is 10.1. The Hall–Kier alpha value is -2.30. The zero-order chi connectivity index (χ0) is 21.8. The summed E-state index contributed by atoms with van der Waals surface area (Å²) in [6.07, 6.45) is 11.0. The van der Waals surface area contributed by atoms with E-state index in [4.69, 9.17) is 5.11 Å². The molecule has 5 heteroatoms. The average molecular weight is 415 g/mol. The molecule has 2 rings (SSSR count). The highest BCUT2D eigenvalue weighted by atomic mass is 16.4. The standard InChI is InChI=1S/C25H38N2O3/c1-3-4-19-27-22-16-13-12-15-21(22)20(2)24(27)25(30)26-18-14-10-8-6-5-7-9-11-17-23(28)29/h12-13,15-16H,3-11,14,17-19H2,1-2H3,(H,26,30)(H,28,29). The Kier molecular flexibility index (Phi) is 10.5. The van der Waals surface area contributed by atoms with E-state index in [9.17, 15) is 9.59 Å². The Balaban J connectivity index is 1.73. The van der Waals surface area contributed by atoms with E-state index in [2.05, 4.69) is 35.9 Å². The molecule has 1 aromatic carbocycles. The number of hydrogen-bond acceptors (Lipinski definition) is 2. The molecular formula is C25H38N2O3. The summed E-state index contributed by atoms with van der Waals surface area (Å²) in [5.74, 6) is -0.656. The van der Waals surface area contributed by atoms with Gasteiger partial charge in [-0.25, -0.2) is 0 Å². The van der Waals surface area contributed by atoms with Crippen molar-refractivity contribution in [2.24, 2.45) is 0 Å². The minimum atomic E-state index is -0.696. The molecule has 0 bridgehead atoms. The number of carbonyl (C=O) groups excluding carboxylic acids is 1. The van der Waals surface area contributed by atoms with Gasteiger partial charge in [0.25, 0.3) is 5.91 Å². The van der Waals surface area contributed by atoms with Crippen LogP contribution >= 0.6 is 0 Å². The number of nitrogens with one attached hydrogen (secondary N) is 1. The first-order valence-corrected chi connectivity index (χ1v) is 11.6. The number of aromatic nitrogens is 1. The van der Waals surface area contributed by atoms with Crippen molar-refractivity contribution in [3.8, 4) is 0 Å². The number of hydrogen-bond donors (Lipinski definition) is 2. The molecule has 2 aromatic rings. The predicted octanol–water partition coefficient (Wildman–Crippen LogP) is 6.08. The molecule has 0 atom stereocenters. The third kappa shape index (κ3) is 7.19. The van der Waals surface area contributed by atoms with Crippen LogP contribution in [0.3, 0.4) is 0 Å². The van der Waals surface area contributed by atoms with E-state index in [0.717, 1.165) is 68.3 Å². The Labute approximate surface area is 180 Å². The number of unbranched alkanes of at least 4 members (excludes halogenated alkanes) is 8. The van der Waals surface area contributed by atoms with Crippen LogP contribution in [0.15, 0.2) is 24.3 Å². The minimum Gasteiger partial charge on any atom is -0.481 e. The smallest absolute Gasteiger partial charge is 0.303 e. The molecule has 0 saturated carbocycles. The minimum absolute atomic E-state index is 0.0400. The van der Waals surface area contributed by atoms with Gasteiger partial charge in [0.2, 0.25) is 0 Å². The van der Waals surface area contributed by atoms with E-state index in [1.807, 2.05) is 12.1 Å². The van der Waals surface area contributed by atoms with Crippen LogP contribution in [0.4, 0.5) is 0 Å². The largest absolute Gasteiger partial charge is 0.481 e. The second kappa shape index (κ2) is 13.1. The van der Waals surface area contributed by atoms with Gasteiger partial charge < -0.3 is 15.0 Å². The lowest BCUT2D eigenvalue weighted by Crippen LogP contribution is -2.27. The number of rotatable bonds is 15. The average Bonchev–Trinajstić information content (AvgIpc) is 3.02. The van der Waals surface area contributed by atoms with E-state index in [1.54, 1.807) is 0 Å². The van der Waals surface area contributed by atoms with Crippen molar-refractivity contribution in [1.29, 1.82) is 0 Å². The Morgan fingerprint density at radius 3 is 2.23 bits per heavy atom. The first kappa shape index (κ1) is 24.0. The maximum absolute atomic E-state index is 12.9. The van der Waals surface area contributed by atoms with Crippen LogP contribution in [0.5, 0.6) is 0 Å². The number of aryl methyl sites for hydroxylation is 2. The van der Waals surface area contributed by atoms with Crippen molar-refractivity contribution in [3.63, 3.8) is 0 Å². The second-order valence-corrected chi connectivity index (χ2v) is 8.22. The molecule has 2 N–H and O–H groups in total. The van der Waals surface area contributed by atoms with Gasteiger partial charge in [0.05, 0.1) is 0 Å². The van der Waals surface area contributed by atoms with E-state index < -0.39 is 5.97 Å². The summed E-state index contributed by atoms with van der Waals surface area (Å²) in [4.78, 5) is 23.4. The zero-order valence-corrected chi connectivity index (χ0v) is 18.7. The molecular weight excluding hydrogens is 376 g/mol. The van der Waals surface area contributed by atoms with Gasteiger partial charge in [-0.05, 0) is 37.8 Å². The molecule has 0 aliphatic rings. The quantitative estimate of drug-likeness (QED) is 0.347. The number of para-hydroxylation sites is 1. The third-order valence-corrected chi connectivity index (χ3v) is 5.78. The number of amides is 1. The van der Waals surface area contributed by atoms with Crippen molar-refractivity contribution in [2.75, 3.05) is 6.54 Å². The summed E-state index contributed by atoms with van der Waals surface area (Å²) in [5.41, 5.74) is 3.03. The van der Waals surface area contributed by atoms with E-state index in [0.29, 0.717) is 6.54 Å². The molecule has 0 fully saturated rings. The fourth-order valence-corrected chi connectivity index (χ4v) is 4.07. The highest BCUT2D eigenvalue weighted by Crippen LogP contribution is 2.26. The van der Waals surface area contributed by atoms with Crippen molar-refractivity contribution in [2.45, 2.75) is 91.0 Å². The lowest BCUT2D eigenvalue weighted by Gasteiger charge is -2.11. The van der Waals surface area contributed by atoms with E-state index in [-0.39, 0.29) is 12.3 Å². The molecule has 0 spiro atoms. The molecule has 0 radical (unpaired) electrons. The van der Waals surface area contributed by atoms with Gasteiger partial charge in [-0.2, -0.15) is 0 Å². The monoisotopic (exact) mass is 414 g/mol. The summed E-state index contributed by atoms with van der Waals surface area (Å²) in [6, 6.07) is 8.29. The fraction of sp³-hybridized carbons (Fsp3) is 0.600. The number of aliphatic carboxylic acids is 1. The van der Waals surface area contributed by atoms with Crippen molar-refractivity contribution in [3.05, 3.63) is 35.5 Å². The third-order valence-electron chi connectivity index (χ3n) is 5.78. The van der Waals surface area contributed by atoms with Crippen LogP contribution in [-0.2, 0) is 11.3 Å². The van der Waals surface area contributed by atoms with Gasteiger partial charge in [0.15, 0.2) is 0 Å². The Morgan fingerprint density at radius 1 is 0.933 bits per heavy atom. The molecule has 1 heterocycles. The van der Waals surface area contributed by atoms with Crippen LogP contribution in [-0.4, -0.2) is 28.1 Å². The molecule has 5 nitrogen and oxygen atoms in total. The SMILES string of the molecule is CCCCn1c(C(=O)NCCCCCCCCCCC(=O)O)c(C)c2ccccc21. The number of nitrogens with zero attached hydrogens (tertiary/aromatic N) is 1. The van der Waals surface area contributed by atoms with Gasteiger partial charge in [0.1, 0.15) is 5.69 Å². The van der Waals surface area contributed by atoms with Gasteiger partial charge in [0, 0.05) is 30.4 Å². The molecule has 166 valence electrons. The fourth-order valence-electron chi connectivity index (χ4n) is 4.07.